The van der Waals surface area contributed by atoms with Crippen LogP contribution in [0.1, 0.15) is 32.6 Å². The Kier molecular flexibility index (Phi) is 8.86. The summed E-state index contributed by atoms with van der Waals surface area (Å²) < 4.78 is 11.0. The first-order chi connectivity index (χ1) is 9.61. The highest BCUT2D eigenvalue weighted by molar-refractivity contribution is 6.45. The molecule has 114 valence electrons. The van der Waals surface area contributed by atoms with Gasteiger partial charge in [0, 0.05) is 11.9 Å². The fourth-order valence-electron chi connectivity index (χ4n) is 1.67. The lowest BCUT2D eigenvalue weighted by molar-refractivity contribution is 0.303. The molecule has 0 amide bonds. The van der Waals surface area contributed by atoms with Gasteiger partial charge in [0.05, 0.1) is 18.2 Å². The number of hydrogen-bond donors (Lipinski definition) is 0. The number of benzene rings is 1. The maximum absolute atomic E-state index is 6.16. The summed E-state index contributed by atoms with van der Waals surface area (Å²) >= 11 is 24.0. The number of halogens is 4. The van der Waals surface area contributed by atoms with Crippen molar-refractivity contribution in [2.75, 3.05) is 19.1 Å². The normalized spacial score (nSPS) is 10.7. The van der Waals surface area contributed by atoms with Crippen LogP contribution in [0.2, 0.25) is 15.1 Å². The average molecular weight is 360 g/mol. The Morgan fingerprint density at radius 2 is 1.65 bits per heavy atom. The molecule has 0 aliphatic rings. The van der Waals surface area contributed by atoms with E-state index in [9.17, 15) is 0 Å². The third-order valence-electron chi connectivity index (χ3n) is 2.66. The van der Waals surface area contributed by atoms with Gasteiger partial charge in [-0.05, 0) is 19.8 Å². The second kappa shape index (κ2) is 9.83. The van der Waals surface area contributed by atoms with Gasteiger partial charge in [0.2, 0.25) is 0 Å². The number of rotatable bonds is 9. The lowest BCUT2D eigenvalue weighted by Crippen LogP contribution is -2.00. The summed E-state index contributed by atoms with van der Waals surface area (Å²) in [6.07, 6.45) is 4.11. The van der Waals surface area contributed by atoms with E-state index in [2.05, 4.69) is 0 Å². The second-order valence-corrected chi connectivity index (χ2v) is 5.74. The molecule has 0 radical (unpaired) electrons. The molecule has 0 atom stereocenters. The topological polar surface area (TPSA) is 18.5 Å². The third-order valence-corrected chi connectivity index (χ3v) is 4.04. The molecule has 0 spiro atoms. The summed E-state index contributed by atoms with van der Waals surface area (Å²) in [5.41, 5.74) is 0. The zero-order valence-electron chi connectivity index (χ0n) is 11.4. The highest BCUT2D eigenvalue weighted by Crippen LogP contribution is 2.44. The number of alkyl halides is 1. The molecule has 1 aromatic carbocycles. The lowest BCUT2D eigenvalue weighted by Gasteiger charge is -2.14. The highest BCUT2D eigenvalue weighted by Gasteiger charge is 2.16. The van der Waals surface area contributed by atoms with E-state index in [0.717, 1.165) is 25.7 Å². The quantitative estimate of drug-likeness (QED) is 0.296. The van der Waals surface area contributed by atoms with Gasteiger partial charge in [0.1, 0.15) is 15.8 Å². The Morgan fingerprint density at radius 1 is 0.950 bits per heavy atom. The summed E-state index contributed by atoms with van der Waals surface area (Å²) in [5.74, 6) is 1.59. The van der Waals surface area contributed by atoms with Crippen LogP contribution in [0.4, 0.5) is 0 Å². The molecule has 0 aromatic heterocycles. The van der Waals surface area contributed by atoms with Gasteiger partial charge >= 0.3 is 0 Å². The number of ether oxygens (including phenoxy) is 2. The molecule has 2 nitrogen and oxygen atoms in total. The number of hydrogen-bond acceptors (Lipinski definition) is 2. The van der Waals surface area contributed by atoms with Crippen LogP contribution in [-0.2, 0) is 0 Å². The van der Waals surface area contributed by atoms with Gasteiger partial charge in [-0.15, -0.1) is 11.6 Å². The van der Waals surface area contributed by atoms with Crippen molar-refractivity contribution in [3.8, 4) is 11.5 Å². The Bertz CT molecular complexity index is 424. The van der Waals surface area contributed by atoms with Crippen LogP contribution in [0.5, 0.6) is 11.5 Å². The fourth-order valence-corrected chi connectivity index (χ4v) is 2.60. The van der Waals surface area contributed by atoms with Crippen LogP contribution in [0.25, 0.3) is 0 Å². The minimum atomic E-state index is 0.295. The molecule has 0 saturated carbocycles. The van der Waals surface area contributed by atoms with Crippen LogP contribution in [-0.4, -0.2) is 19.1 Å². The molecule has 0 heterocycles. The van der Waals surface area contributed by atoms with Crippen molar-refractivity contribution in [3.05, 3.63) is 21.1 Å². The van der Waals surface area contributed by atoms with Gasteiger partial charge in [-0.25, -0.2) is 0 Å². The Hall–Kier alpha value is -0.0200. The summed E-state index contributed by atoms with van der Waals surface area (Å²) in [5, 5.41) is 1.03. The molecule has 1 aromatic rings. The molecule has 1 rings (SSSR count). The zero-order valence-corrected chi connectivity index (χ0v) is 14.4. The molecule has 0 fully saturated rings. The first kappa shape index (κ1) is 18.0. The van der Waals surface area contributed by atoms with E-state index < -0.39 is 0 Å². The smallest absolute Gasteiger partial charge is 0.158 e. The molecule has 0 aliphatic carbocycles. The van der Waals surface area contributed by atoms with Crippen molar-refractivity contribution in [2.24, 2.45) is 0 Å². The van der Waals surface area contributed by atoms with E-state index in [-0.39, 0.29) is 0 Å². The molecule has 6 heteroatoms. The van der Waals surface area contributed by atoms with Crippen molar-refractivity contribution >= 4 is 46.4 Å². The minimum absolute atomic E-state index is 0.295. The fraction of sp³-hybridized carbons (Fsp3) is 0.571. The summed E-state index contributed by atoms with van der Waals surface area (Å²) in [6.45, 7) is 2.91. The molecular formula is C14H18Cl4O2. The van der Waals surface area contributed by atoms with Crippen molar-refractivity contribution in [2.45, 2.75) is 32.6 Å². The Morgan fingerprint density at radius 3 is 2.30 bits per heavy atom. The summed E-state index contributed by atoms with van der Waals surface area (Å²) in [7, 11) is 0. The predicted octanol–water partition coefficient (Wildman–Crippen LogP) is 6.22. The molecular weight excluding hydrogens is 342 g/mol. The van der Waals surface area contributed by atoms with E-state index in [4.69, 9.17) is 55.9 Å². The van der Waals surface area contributed by atoms with Crippen molar-refractivity contribution in [1.82, 2.24) is 0 Å². The van der Waals surface area contributed by atoms with E-state index in [0.29, 0.717) is 45.7 Å². The van der Waals surface area contributed by atoms with Crippen LogP contribution in [0.3, 0.4) is 0 Å². The molecule has 0 bridgehead atoms. The summed E-state index contributed by atoms with van der Waals surface area (Å²) in [6, 6.07) is 1.63. The molecule has 20 heavy (non-hydrogen) atoms. The zero-order chi connectivity index (χ0) is 15.0. The molecule has 0 unspecified atom stereocenters. The van der Waals surface area contributed by atoms with E-state index in [1.54, 1.807) is 6.07 Å². The SMILES string of the molecule is CCOc1cc(Cl)c(OCCCCCCCl)c(Cl)c1Cl. The monoisotopic (exact) mass is 358 g/mol. The first-order valence-corrected chi connectivity index (χ1v) is 8.27. The maximum atomic E-state index is 6.16. The van der Waals surface area contributed by atoms with Gasteiger partial charge in [-0.3, -0.25) is 0 Å². The average Bonchev–Trinajstić information content (AvgIpc) is 2.43. The van der Waals surface area contributed by atoms with Crippen molar-refractivity contribution < 1.29 is 9.47 Å². The highest BCUT2D eigenvalue weighted by atomic mass is 35.5. The largest absolute Gasteiger partial charge is 0.492 e. The predicted molar refractivity (Wildman–Crippen MR) is 87.3 cm³/mol. The first-order valence-electron chi connectivity index (χ1n) is 6.60. The van der Waals surface area contributed by atoms with Crippen LogP contribution >= 0.6 is 46.4 Å². The maximum Gasteiger partial charge on any atom is 0.158 e. The lowest BCUT2D eigenvalue weighted by atomic mass is 10.2. The minimum Gasteiger partial charge on any atom is -0.492 e. The van der Waals surface area contributed by atoms with E-state index in [1.165, 1.54) is 0 Å². The molecule has 0 saturated heterocycles. The Balaban J connectivity index is 2.59. The van der Waals surface area contributed by atoms with Crippen LogP contribution in [0.15, 0.2) is 6.07 Å². The van der Waals surface area contributed by atoms with Gasteiger partial charge in [0.15, 0.2) is 5.75 Å². The van der Waals surface area contributed by atoms with Gasteiger partial charge in [-0.1, -0.05) is 47.6 Å². The van der Waals surface area contributed by atoms with Gasteiger partial charge < -0.3 is 9.47 Å². The van der Waals surface area contributed by atoms with Crippen LogP contribution < -0.4 is 9.47 Å². The van der Waals surface area contributed by atoms with Crippen LogP contribution in [0, 0.1) is 0 Å². The van der Waals surface area contributed by atoms with Gasteiger partial charge in [-0.2, -0.15) is 0 Å². The molecule has 0 aliphatic heterocycles. The van der Waals surface area contributed by atoms with Crippen molar-refractivity contribution in [1.29, 1.82) is 0 Å². The molecule has 0 N–H and O–H groups in total. The van der Waals surface area contributed by atoms with E-state index >= 15 is 0 Å². The number of unbranched alkanes of at least 4 members (excludes halogenated alkanes) is 3. The van der Waals surface area contributed by atoms with E-state index in [1.807, 2.05) is 6.92 Å². The standard InChI is InChI=1S/C14H18Cl4O2/c1-2-19-11-9-10(16)14(13(18)12(11)17)20-8-6-4-3-5-7-15/h9H,2-8H2,1H3. The van der Waals surface area contributed by atoms with Gasteiger partial charge in [0.25, 0.3) is 0 Å². The Labute approximate surface area is 140 Å². The second-order valence-electron chi connectivity index (χ2n) is 4.20. The van der Waals surface area contributed by atoms with Crippen molar-refractivity contribution in [3.63, 3.8) is 0 Å². The summed E-state index contributed by atoms with van der Waals surface area (Å²) in [4.78, 5) is 0. The third kappa shape index (κ3) is 5.40.